The second kappa shape index (κ2) is 13.0. The SMILES string of the molecule is c1ccc(-c2nc(-n3c4ccccc4c4c5ccc(-c6ccc7c(c6)c6ccccc6n7-c6ccccc6)cc5c5c6ccccc6oc5c43)nc3ccc4ccccc4c23)cc1. The summed E-state index contributed by atoms with van der Waals surface area (Å²) in [7, 11) is 0. The topological polar surface area (TPSA) is 48.8 Å². The number of hydrogen-bond donors (Lipinski definition) is 0. The van der Waals surface area contributed by atoms with Crippen LogP contribution in [0.3, 0.4) is 0 Å². The third kappa shape index (κ3) is 4.87. The number of nitrogens with zero attached hydrogens (tertiary/aromatic N) is 4. The van der Waals surface area contributed by atoms with Crippen LogP contribution in [0.4, 0.5) is 0 Å². The minimum Gasteiger partial charge on any atom is -0.454 e. The molecule has 292 valence electrons. The number of hydrogen-bond acceptors (Lipinski definition) is 3. The maximum atomic E-state index is 7.04. The van der Waals surface area contributed by atoms with Crippen molar-refractivity contribution < 1.29 is 4.42 Å². The maximum Gasteiger partial charge on any atom is 0.235 e. The molecule has 0 saturated heterocycles. The van der Waals surface area contributed by atoms with Crippen LogP contribution < -0.4 is 0 Å². The summed E-state index contributed by atoms with van der Waals surface area (Å²) >= 11 is 0. The largest absolute Gasteiger partial charge is 0.454 e. The lowest BCUT2D eigenvalue weighted by Crippen LogP contribution is -2.04. The summed E-state index contributed by atoms with van der Waals surface area (Å²) in [6, 6.07) is 73.5. The van der Waals surface area contributed by atoms with Crippen LogP contribution >= 0.6 is 0 Å². The molecule has 0 unspecified atom stereocenters. The van der Waals surface area contributed by atoms with Crippen molar-refractivity contribution in [2.24, 2.45) is 0 Å². The van der Waals surface area contributed by atoms with Crippen molar-refractivity contribution >= 4 is 98.0 Å². The molecule has 4 aromatic heterocycles. The van der Waals surface area contributed by atoms with Crippen LogP contribution in [-0.2, 0) is 0 Å². The third-order valence-corrected chi connectivity index (χ3v) is 13.1. The lowest BCUT2D eigenvalue weighted by molar-refractivity contribution is 0.671. The van der Waals surface area contributed by atoms with Gasteiger partial charge in [0.05, 0.1) is 27.8 Å². The Morgan fingerprint density at radius 3 is 1.83 bits per heavy atom. The predicted molar refractivity (Wildman–Crippen MR) is 261 cm³/mol. The van der Waals surface area contributed by atoms with E-state index in [1.807, 2.05) is 0 Å². The highest BCUT2D eigenvalue weighted by Gasteiger charge is 2.26. The summed E-state index contributed by atoms with van der Waals surface area (Å²) in [6.45, 7) is 0. The van der Waals surface area contributed by atoms with Gasteiger partial charge in [-0.15, -0.1) is 0 Å². The molecule has 63 heavy (non-hydrogen) atoms. The molecule has 0 fully saturated rings. The van der Waals surface area contributed by atoms with E-state index in [1.54, 1.807) is 0 Å². The fourth-order valence-corrected chi connectivity index (χ4v) is 10.4. The second-order valence-corrected chi connectivity index (χ2v) is 16.5. The fourth-order valence-electron chi connectivity index (χ4n) is 10.4. The molecule has 0 bridgehead atoms. The van der Waals surface area contributed by atoms with Gasteiger partial charge in [0.2, 0.25) is 5.95 Å². The van der Waals surface area contributed by atoms with E-state index >= 15 is 0 Å². The van der Waals surface area contributed by atoms with Crippen molar-refractivity contribution in [1.82, 2.24) is 19.1 Å². The number of fused-ring (bicyclic) bond motifs is 16. The molecule has 5 nitrogen and oxygen atoms in total. The van der Waals surface area contributed by atoms with Gasteiger partial charge < -0.3 is 8.98 Å². The average molecular weight is 803 g/mol. The van der Waals surface area contributed by atoms with Gasteiger partial charge in [-0.1, -0.05) is 152 Å². The number of benzene rings is 10. The van der Waals surface area contributed by atoms with Gasteiger partial charge in [0.15, 0.2) is 5.58 Å². The van der Waals surface area contributed by atoms with E-state index in [4.69, 9.17) is 14.4 Å². The zero-order valence-electron chi connectivity index (χ0n) is 33.8. The van der Waals surface area contributed by atoms with E-state index in [-0.39, 0.29) is 0 Å². The van der Waals surface area contributed by atoms with Gasteiger partial charge in [0, 0.05) is 49.0 Å². The Morgan fingerprint density at radius 1 is 0.365 bits per heavy atom. The first kappa shape index (κ1) is 34.2. The standard InChI is InChI=1S/C58H34N4O/c1-3-16-36(17-4-1)55-54-40-20-8-7-15-35(40)28-31-47(54)59-58(60-55)62-49-25-13-10-22-43(49)52-42-30-27-37(34-46(42)53-44-23-11-14-26-51(44)63-57(53)56(52)62)38-29-32-50-45(33-38)41-21-9-12-24-48(41)61(50)39-18-5-2-6-19-39/h1-34H. The van der Waals surface area contributed by atoms with Crippen molar-refractivity contribution in [2.45, 2.75) is 0 Å². The quantitative estimate of drug-likeness (QED) is 0.167. The van der Waals surface area contributed by atoms with E-state index in [2.05, 4.69) is 215 Å². The van der Waals surface area contributed by atoms with Gasteiger partial charge in [0.1, 0.15) is 11.1 Å². The Labute approximate surface area is 360 Å². The molecule has 0 aliphatic carbocycles. The first-order chi connectivity index (χ1) is 31.3. The molecule has 0 aliphatic rings. The Hall–Kier alpha value is -8.54. The lowest BCUT2D eigenvalue weighted by atomic mass is 9.94. The van der Waals surface area contributed by atoms with Gasteiger partial charge in [-0.2, -0.15) is 0 Å². The smallest absolute Gasteiger partial charge is 0.235 e. The highest BCUT2D eigenvalue weighted by molar-refractivity contribution is 6.35. The molecule has 14 rings (SSSR count). The Bertz CT molecular complexity index is 4200. The third-order valence-electron chi connectivity index (χ3n) is 13.1. The van der Waals surface area contributed by atoms with Gasteiger partial charge in [-0.05, 0) is 87.3 Å². The monoisotopic (exact) mass is 802 g/mol. The minimum absolute atomic E-state index is 0.600. The molecule has 0 spiro atoms. The molecule has 4 heterocycles. The number of furan rings is 1. The molecule has 0 N–H and O–H groups in total. The predicted octanol–water partition coefficient (Wildman–Crippen LogP) is 15.4. The van der Waals surface area contributed by atoms with E-state index < -0.39 is 0 Å². The molecule has 0 radical (unpaired) electrons. The summed E-state index contributed by atoms with van der Waals surface area (Å²) < 4.78 is 11.6. The molecule has 10 aromatic carbocycles. The summed E-state index contributed by atoms with van der Waals surface area (Å²) in [6.07, 6.45) is 0. The Kier molecular flexibility index (Phi) is 7.05. The second-order valence-electron chi connectivity index (χ2n) is 16.5. The number of rotatable bonds is 4. The molecule has 14 aromatic rings. The van der Waals surface area contributed by atoms with E-state index in [0.717, 1.165) is 104 Å². The van der Waals surface area contributed by atoms with Crippen LogP contribution in [0.15, 0.2) is 211 Å². The van der Waals surface area contributed by atoms with Gasteiger partial charge >= 0.3 is 0 Å². The first-order valence-electron chi connectivity index (χ1n) is 21.4. The van der Waals surface area contributed by atoms with Crippen molar-refractivity contribution in [3.63, 3.8) is 0 Å². The van der Waals surface area contributed by atoms with Crippen molar-refractivity contribution in [2.75, 3.05) is 0 Å². The van der Waals surface area contributed by atoms with Crippen LogP contribution in [0.5, 0.6) is 0 Å². The normalized spacial score (nSPS) is 12.1. The van der Waals surface area contributed by atoms with Gasteiger partial charge in [0.25, 0.3) is 0 Å². The average Bonchev–Trinajstić information content (AvgIpc) is 4.02. The van der Waals surface area contributed by atoms with E-state index in [1.165, 1.54) is 21.8 Å². The summed E-state index contributed by atoms with van der Waals surface area (Å²) in [5.41, 5.74) is 12.3. The van der Waals surface area contributed by atoms with Crippen molar-refractivity contribution in [1.29, 1.82) is 0 Å². The fraction of sp³-hybridized carbons (Fsp3) is 0. The van der Waals surface area contributed by atoms with Crippen LogP contribution in [-0.4, -0.2) is 19.1 Å². The van der Waals surface area contributed by atoms with E-state index in [9.17, 15) is 0 Å². The zero-order valence-corrected chi connectivity index (χ0v) is 33.8. The molecule has 0 aliphatic heterocycles. The number of aromatic nitrogens is 4. The molecule has 5 heteroatoms. The van der Waals surface area contributed by atoms with Crippen molar-refractivity contribution in [3.8, 4) is 34.0 Å². The van der Waals surface area contributed by atoms with Gasteiger partial charge in [-0.3, -0.25) is 4.57 Å². The molecule has 0 atom stereocenters. The number of para-hydroxylation sites is 4. The minimum atomic E-state index is 0.600. The van der Waals surface area contributed by atoms with Crippen molar-refractivity contribution in [3.05, 3.63) is 206 Å². The molecule has 0 saturated carbocycles. The van der Waals surface area contributed by atoms with Crippen LogP contribution in [0, 0.1) is 0 Å². The first-order valence-corrected chi connectivity index (χ1v) is 21.4. The molecular formula is C58H34N4O. The Balaban J connectivity index is 1.07. The van der Waals surface area contributed by atoms with Gasteiger partial charge in [-0.25, -0.2) is 9.97 Å². The summed E-state index contributed by atoms with van der Waals surface area (Å²) in [5.74, 6) is 0.600. The molecular weight excluding hydrogens is 769 g/mol. The van der Waals surface area contributed by atoms with Crippen LogP contribution in [0.1, 0.15) is 0 Å². The highest BCUT2D eigenvalue weighted by Crippen LogP contribution is 2.47. The maximum absolute atomic E-state index is 7.04. The van der Waals surface area contributed by atoms with Crippen LogP contribution in [0.25, 0.3) is 132 Å². The summed E-state index contributed by atoms with van der Waals surface area (Å²) in [4.78, 5) is 11.0. The highest BCUT2D eigenvalue weighted by atomic mass is 16.3. The van der Waals surface area contributed by atoms with E-state index in [0.29, 0.717) is 5.95 Å². The Morgan fingerprint density at radius 2 is 1.00 bits per heavy atom. The zero-order chi connectivity index (χ0) is 41.2. The lowest BCUT2D eigenvalue weighted by Gasteiger charge is -2.14. The summed E-state index contributed by atoms with van der Waals surface area (Å²) in [5, 5.41) is 12.5. The van der Waals surface area contributed by atoms with Crippen LogP contribution in [0.2, 0.25) is 0 Å². The molecule has 0 amide bonds.